The predicted octanol–water partition coefficient (Wildman–Crippen LogP) is 3.21. The van der Waals surface area contributed by atoms with E-state index in [9.17, 15) is 0 Å². The molecule has 1 fully saturated rings. The van der Waals surface area contributed by atoms with Crippen LogP contribution in [0.15, 0.2) is 28.7 Å². The van der Waals surface area contributed by atoms with Crippen LogP contribution in [0.3, 0.4) is 0 Å². The molecule has 1 aromatic carbocycles. The lowest BCUT2D eigenvalue weighted by Crippen LogP contribution is -2.46. The molecule has 20 heavy (non-hydrogen) atoms. The first-order chi connectivity index (χ1) is 9.72. The van der Waals surface area contributed by atoms with Crippen molar-refractivity contribution in [1.29, 1.82) is 0 Å². The smallest absolute Gasteiger partial charge is 0.0826 e. The van der Waals surface area contributed by atoms with Crippen molar-refractivity contribution in [3.8, 4) is 0 Å². The number of hydrogen-bond donors (Lipinski definition) is 1. The van der Waals surface area contributed by atoms with Crippen molar-refractivity contribution in [1.82, 2.24) is 10.2 Å². The van der Waals surface area contributed by atoms with Gasteiger partial charge in [-0.1, -0.05) is 41.9 Å². The molecule has 0 amide bonds. The van der Waals surface area contributed by atoms with E-state index in [0.29, 0.717) is 12.1 Å². The molecule has 0 aromatic heterocycles. The van der Waals surface area contributed by atoms with Gasteiger partial charge in [0.2, 0.25) is 0 Å². The quantitative estimate of drug-likeness (QED) is 0.860. The second kappa shape index (κ2) is 8.13. The van der Waals surface area contributed by atoms with Gasteiger partial charge in [0.1, 0.15) is 0 Å². The summed E-state index contributed by atoms with van der Waals surface area (Å²) in [6.45, 7) is 9.44. The maximum atomic E-state index is 5.85. The van der Waals surface area contributed by atoms with Gasteiger partial charge in [-0.25, -0.2) is 0 Å². The molecule has 0 spiro atoms. The third-order valence-electron chi connectivity index (χ3n) is 3.94. The van der Waals surface area contributed by atoms with Crippen LogP contribution in [-0.4, -0.2) is 43.8 Å². The zero-order valence-electron chi connectivity index (χ0n) is 12.4. The summed E-state index contributed by atoms with van der Waals surface area (Å²) in [6.07, 6.45) is 1.40. The van der Waals surface area contributed by atoms with Crippen LogP contribution in [0.25, 0.3) is 0 Å². The molecule has 0 radical (unpaired) electrons. The maximum Gasteiger partial charge on any atom is 0.0826 e. The van der Waals surface area contributed by atoms with Crippen molar-refractivity contribution in [2.75, 3.05) is 32.8 Å². The molecule has 4 heteroatoms. The number of morpholine rings is 1. The molecule has 1 aliphatic rings. The van der Waals surface area contributed by atoms with Gasteiger partial charge in [0.25, 0.3) is 0 Å². The molecule has 0 saturated carbocycles. The Hall–Kier alpha value is -0.420. The number of nitrogens with one attached hydrogen (secondary N) is 1. The minimum Gasteiger partial charge on any atom is -0.374 e. The number of hydrogen-bond acceptors (Lipinski definition) is 3. The average Bonchev–Trinajstić information content (AvgIpc) is 2.50. The lowest BCUT2D eigenvalue weighted by atomic mass is 10.0. The van der Waals surface area contributed by atoms with Crippen molar-refractivity contribution < 1.29 is 4.74 Å². The van der Waals surface area contributed by atoms with Crippen LogP contribution in [-0.2, 0) is 4.74 Å². The van der Waals surface area contributed by atoms with Crippen LogP contribution in [0.1, 0.15) is 31.9 Å². The molecule has 1 saturated heterocycles. The van der Waals surface area contributed by atoms with Gasteiger partial charge < -0.3 is 10.1 Å². The summed E-state index contributed by atoms with van der Waals surface area (Å²) in [5, 5.41) is 3.65. The summed E-state index contributed by atoms with van der Waals surface area (Å²) in [5.74, 6) is 0. The monoisotopic (exact) mass is 340 g/mol. The fourth-order valence-electron chi connectivity index (χ4n) is 2.66. The molecule has 0 bridgehead atoms. The van der Waals surface area contributed by atoms with Crippen molar-refractivity contribution in [2.24, 2.45) is 0 Å². The summed E-state index contributed by atoms with van der Waals surface area (Å²) in [7, 11) is 0. The van der Waals surface area contributed by atoms with E-state index in [-0.39, 0.29) is 0 Å². The van der Waals surface area contributed by atoms with Crippen LogP contribution >= 0.6 is 15.9 Å². The molecule has 2 rings (SSSR count). The van der Waals surface area contributed by atoms with E-state index in [1.165, 1.54) is 5.56 Å². The van der Waals surface area contributed by atoms with Crippen molar-refractivity contribution in [3.63, 3.8) is 0 Å². The maximum absolute atomic E-state index is 5.85. The topological polar surface area (TPSA) is 24.5 Å². The van der Waals surface area contributed by atoms with Gasteiger partial charge in [0, 0.05) is 30.1 Å². The fourth-order valence-corrected chi connectivity index (χ4v) is 2.92. The average molecular weight is 341 g/mol. The molecule has 1 aliphatic heterocycles. The minimum absolute atomic E-state index is 0.313. The van der Waals surface area contributed by atoms with E-state index >= 15 is 0 Å². The zero-order chi connectivity index (χ0) is 14.4. The van der Waals surface area contributed by atoms with Gasteiger partial charge in [-0.15, -0.1) is 0 Å². The first-order valence-corrected chi connectivity index (χ1v) is 8.35. The highest BCUT2D eigenvalue weighted by Crippen LogP contribution is 2.19. The molecule has 112 valence electrons. The Balaban J connectivity index is 1.85. The van der Waals surface area contributed by atoms with Crippen LogP contribution < -0.4 is 5.32 Å². The summed E-state index contributed by atoms with van der Waals surface area (Å²) in [4.78, 5) is 2.45. The van der Waals surface area contributed by atoms with Crippen molar-refractivity contribution >= 4 is 15.9 Å². The van der Waals surface area contributed by atoms with Crippen LogP contribution in [0.2, 0.25) is 0 Å². The Kier molecular flexibility index (Phi) is 6.49. The second-order valence-corrected chi connectivity index (χ2v) is 6.22. The first kappa shape index (κ1) is 16.0. The minimum atomic E-state index is 0.313. The Bertz CT molecular complexity index is 396. The van der Waals surface area contributed by atoms with Crippen molar-refractivity contribution in [3.05, 3.63) is 34.3 Å². The highest BCUT2D eigenvalue weighted by atomic mass is 79.9. The third-order valence-corrected chi connectivity index (χ3v) is 4.47. The van der Waals surface area contributed by atoms with Crippen LogP contribution in [0, 0.1) is 0 Å². The lowest BCUT2D eigenvalue weighted by molar-refractivity contribution is -0.0264. The van der Waals surface area contributed by atoms with E-state index in [2.05, 4.69) is 64.3 Å². The largest absolute Gasteiger partial charge is 0.374 e. The Morgan fingerprint density at radius 2 is 2.10 bits per heavy atom. The molecule has 0 aliphatic carbocycles. The Morgan fingerprint density at radius 3 is 2.75 bits per heavy atom. The normalized spacial score (nSPS) is 21.9. The number of benzene rings is 1. The van der Waals surface area contributed by atoms with E-state index < -0.39 is 0 Å². The molecule has 1 aromatic rings. The van der Waals surface area contributed by atoms with Gasteiger partial charge in [-0.2, -0.15) is 0 Å². The van der Waals surface area contributed by atoms with Gasteiger partial charge in [-0.05, 0) is 30.7 Å². The van der Waals surface area contributed by atoms with Crippen LogP contribution in [0.4, 0.5) is 0 Å². The Morgan fingerprint density at radius 1 is 1.35 bits per heavy atom. The van der Waals surface area contributed by atoms with E-state index in [1.807, 2.05) is 0 Å². The van der Waals surface area contributed by atoms with Gasteiger partial charge in [0.15, 0.2) is 0 Å². The van der Waals surface area contributed by atoms with Gasteiger partial charge in [0.05, 0.1) is 12.7 Å². The van der Waals surface area contributed by atoms with E-state index in [4.69, 9.17) is 4.74 Å². The van der Waals surface area contributed by atoms with Crippen molar-refractivity contribution in [2.45, 2.75) is 32.4 Å². The highest BCUT2D eigenvalue weighted by molar-refractivity contribution is 9.10. The third kappa shape index (κ3) is 4.55. The standard InChI is InChI=1S/C16H25BrN2O/c1-3-16(13-5-7-14(17)8-6-13)18-11-15-12-19(4-2)9-10-20-15/h5-8,15-16,18H,3-4,9-12H2,1-2H3. The summed E-state index contributed by atoms with van der Waals surface area (Å²) in [6, 6.07) is 8.99. The highest BCUT2D eigenvalue weighted by Gasteiger charge is 2.20. The number of ether oxygens (including phenoxy) is 1. The van der Waals surface area contributed by atoms with E-state index in [0.717, 1.165) is 43.7 Å². The molecule has 2 unspecified atom stereocenters. The summed E-state index contributed by atoms with van der Waals surface area (Å²) in [5.41, 5.74) is 1.35. The fraction of sp³-hybridized carbons (Fsp3) is 0.625. The summed E-state index contributed by atoms with van der Waals surface area (Å²) >= 11 is 3.49. The SMILES string of the molecule is CCC(NCC1CN(CC)CCO1)c1ccc(Br)cc1. The first-order valence-electron chi connectivity index (χ1n) is 7.55. The molecule has 1 N–H and O–H groups in total. The number of nitrogens with zero attached hydrogens (tertiary/aromatic N) is 1. The van der Waals surface area contributed by atoms with Crippen LogP contribution in [0.5, 0.6) is 0 Å². The predicted molar refractivity (Wildman–Crippen MR) is 87.0 cm³/mol. The number of halogens is 1. The molecular weight excluding hydrogens is 316 g/mol. The number of likely N-dealkylation sites (N-methyl/N-ethyl adjacent to an activating group) is 1. The second-order valence-electron chi connectivity index (χ2n) is 5.31. The number of rotatable bonds is 6. The van der Waals surface area contributed by atoms with Gasteiger partial charge >= 0.3 is 0 Å². The van der Waals surface area contributed by atoms with Gasteiger partial charge in [-0.3, -0.25) is 4.90 Å². The van der Waals surface area contributed by atoms with E-state index in [1.54, 1.807) is 0 Å². The molecule has 1 heterocycles. The lowest BCUT2D eigenvalue weighted by Gasteiger charge is -2.33. The summed E-state index contributed by atoms with van der Waals surface area (Å²) < 4.78 is 6.98. The zero-order valence-corrected chi connectivity index (χ0v) is 14.0. The molecular formula is C16H25BrN2O. The Labute approximate surface area is 130 Å². The molecule has 2 atom stereocenters. The molecule has 3 nitrogen and oxygen atoms in total.